The number of esters is 1. The number of carboxylic acid groups (broad SMARTS) is 1. The molecule has 0 aliphatic heterocycles. The Labute approximate surface area is 114 Å². The molecule has 0 aliphatic rings. The van der Waals surface area contributed by atoms with Gasteiger partial charge in [-0.1, -0.05) is 17.7 Å². The number of carboxylic acids is 1. The fraction of sp³-hybridized carbons (Fsp3) is 0. The highest BCUT2D eigenvalue weighted by Gasteiger charge is 2.10. The van der Waals surface area contributed by atoms with E-state index in [0.717, 1.165) is 0 Å². The van der Waals surface area contributed by atoms with Gasteiger partial charge < -0.3 is 9.84 Å². The quantitative estimate of drug-likeness (QED) is 0.690. The van der Waals surface area contributed by atoms with E-state index in [2.05, 4.69) is 0 Å². The van der Waals surface area contributed by atoms with Crippen LogP contribution >= 0.6 is 11.6 Å². The van der Waals surface area contributed by atoms with Gasteiger partial charge in [0.15, 0.2) is 0 Å². The Bertz CT molecular complexity index is 620. The van der Waals surface area contributed by atoms with Gasteiger partial charge in [-0.25, -0.2) is 9.59 Å². The lowest BCUT2D eigenvalue weighted by Crippen LogP contribution is -2.08. The van der Waals surface area contributed by atoms with Gasteiger partial charge >= 0.3 is 11.9 Å². The second-order valence-electron chi connectivity index (χ2n) is 3.73. The van der Waals surface area contributed by atoms with Crippen LogP contribution in [-0.2, 0) is 0 Å². The molecule has 0 unspecified atom stereocenters. The first-order chi connectivity index (χ1) is 9.06. The molecule has 0 aromatic heterocycles. The van der Waals surface area contributed by atoms with Gasteiger partial charge in [0.05, 0.1) is 11.1 Å². The third-order valence-corrected chi connectivity index (χ3v) is 2.62. The van der Waals surface area contributed by atoms with E-state index in [-0.39, 0.29) is 11.3 Å². The molecule has 2 aromatic carbocycles. The van der Waals surface area contributed by atoms with Crippen LogP contribution < -0.4 is 4.74 Å². The van der Waals surface area contributed by atoms with Crippen LogP contribution in [-0.4, -0.2) is 17.0 Å². The smallest absolute Gasteiger partial charge is 0.343 e. The Balaban J connectivity index is 2.17. The molecule has 1 N–H and O–H groups in total. The molecule has 0 heterocycles. The minimum atomic E-state index is -1.08. The standard InChI is InChI=1S/C14H9ClO4/c15-11-6-4-9(5-7-11)14(18)19-12-3-1-2-10(8-12)13(16)17/h1-8H,(H,16,17). The highest BCUT2D eigenvalue weighted by atomic mass is 35.5. The number of ether oxygens (including phenoxy) is 1. The van der Waals surface area contributed by atoms with Gasteiger partial charge in [-0.15, -0.1) is 0 Å². The van der Waals surface area contributed by atoms with Gasteiger partial charge in [-0.3, -0.25) is 0 Å². The summed E-state index contributed by atoms with van der Waals surface area (Å²) in [5.74, 6) is -1.47. The van der Waals surface area contributed by atoms with Crippen LogP contribution in [0, 0.1) is 0 Å². The SMILES string of the molecule is O=C(O)c1cccc(OC(=O)c2ccc(Cl)cc2)c1. The molecule has 0 saturated carbocycles. The van der Waals surface area contributed by atoms with E-state index in [1.165, 1.54) is 36.4 Å². The molecule has 0 spiro atoms. The molecule has 19 heavy (non-hydrogen) atoms. The lowest BCUT2D eigenvalue weighted by Gasteiger charge is -2.05. The number of hydrogen-bond acceptors (Lipinski definition) is 3. The Morgan fingerprint density at radius 2 is 1.68 bits per heavy atom. The number of halogens is 1. The molecule has 0 aliphatic carbocycles. The molecule has 0 radical (unpaired) electrons. The van der Waals surface area contributed by atoms with E-state index in [4.69, 9.17) is 21.4 Å². The van der Waals surface area contributed by atoms with Crippen LogP contribution in [0.2, 0.25) is 5.02 Å². The average molecular weight is 277 g/mol. The maximum atomic E-state index is 11.8. The number of aromatic carboxylic acids is 1. The number of hydrogen-bond donors (Lipinski definition) is 1. The van der Waals surface area contributed by atoms with Crippen LogP contribution in [0.15, 0.2) is 48.5 Å². The van der Waals surface area contributed by atoms with Gasteiger partial charge in [-0.2, -0.15) is 0 Å². The van der Waals surface area contributed by atoms with Crippen LogP contribution in [0.4, 0.5) is 0 Å². The number of carbonyl (C=O) groups is 2. The second kappa shape index (κ2) is 5.54. The number of rotatable bonds is 3. The van der Waals surface area contributed by atoms with Crippen molar-refractivity contribution in [1.29, 1.82) is 0 Å². The van der Waals surface area contributed by atoms with Gasteiger partial charge in [-0.05, 0) is 42.5 Å². The van der Waals surface area contributed by atoms with Crippen molar-refractivity contribution in [2.24, 2.45) is 0 Å². The average Bonchev–Trinajstić information content (AvgIpc) is 2.39. The molecule has 0 saturated heterocycles. The van der Waals surface area contributed by atoms with E-state index in [1.807, 2.05) is 0 Å². The fourth-order valence-corrected chi connectivity index (χ4v) is 1.57. The zero-order chi connectivity index (χ0) is 13.8. The summed E-state index contributed by atoms with van der Waals surface area (Å²) in [6, 6.07) is 11.9. The minimum absolute atomic E-state index is 0.0569. The molecule has 2 aromatic rings. The van der Waals surface area contributed by atoms with Crippen molar-refractivity contribution in [3.63, 3.8) is 0 Å². The Morgan fingerprint density at radius 3 is 2.32 bits per heavy atom. The van der Waals surface area contributed by atoms with Crippen LogP contribution in [0.1, 0.15) is 20.7 Å². The number of carbonyl (C=O) groups excluding carboxylic acids is 1. The number of benzene rings is 2. The second-order valence-corrected chi connectivity index (χ2v) is 4.17. The van der Waals surface area contributed by atoms with Crippen molar-refractivity contribution in [3.05, 3.63) is 64.7 Å². The zero-order valence-electron chi connectivity index (χ0n) is 9.67. The van der Waals surface area contributed by atoms with E-state index >= 15 is 0 Å². The summed E-state index contributed by atoms with van der Waals surface area (Å²) in [4.78, 5) is 22.6. The third kappa shape index (κ3) is 3.33. The van der Waals surface area contributed by atoms with Crippen molar-refractivity contribution in [3.8, 4) is 5.75 Å². The summed E-state index contributed by atoms with van der Waals surface area (Å²) in [5.41, 5.74) is 0.395. The van der Waals surface area contributed by atoms with Crippen LogP contribution in [0.3, 0.4) is 0 Å². The molecule has 96 valence electrons. The summed E-state index contributed by atoms with van der Waals surface area (Å²) < 4.78 is 5.09. The van der Waals surface area contributed by atoms with Crippen molar-refractivity contribution in [2.75, 3.05) is 0 Å². The highest BCUT2D eigenvalue weighted by Crippen LogP contribution is 2.16. The van der Waals surface area contributed by atoms with Crippen molar-refractivity contribution < 1.29 is 19.4 Å². The molecule has 0 amide bonds. The third-order valence-electron chi connectivity index (χ3n) is 2.37. The summed E-state index contributed by atoms with van der Waals surface area (Å²) in [6.07, 6.45) is 0. The van der Waals surface area contributed by atoms with E-state index < -0.39 is 11.9 Å². The largest absolute Gasteiger partial charge is 0.478 e. The Morgan fingerprint density at radius 1 is 1.00 bits per heavy atom. The molecular formula is C14H9ClO4. The van der Waals surface area contributed by atoms with Crippen molar-refractivity contribution >= 4 is 23.5 Å². The Hall–Kier alpha value is -2.33. The minimum Gasteiger partial charge on any atom is -0.478 e. The molecule has 0 fully saturated rings. The van der Waals surface area contributed by atoms with E-state index in [0.29, 0.717) is 10.6 Å². The zero-order valence-corrected chi connectivity index (χ0v) is 10.4. The molecule has 0 atom stereocenters. The van der Waals surface area contributed by atoms with Crippen molar-refractivity contribution in [1.82, 2.24) is 0 Å². The first-order valence-electron chi connectivity index (χ1n) is 5.37. The molecule has 2 rings (SSSR count). The topological polar surface area (TPSA) is 63.6 Å². The molecule has 0 bridgehead atoms. The first-order valence-corrected chi connectivity index (χ1v) is 5.75. The van der Waals surface area contributed by atoms with E-state index in [1.54, 1.807) is 12.1 Å². The lowest BCUT2D eigenvalue weighted by atomic mass is 10.2. The normalized spacial score (nSPS) is 9.95. The molecular weight excluding hydrogens is 268 g/mol. The maximum Gasteiger partial charge on any atom is 0.343 e. The summed E-state index contributed by atoms with van der Waals surface area (Å²) in [7, 11) is 0. The highest BCUT2D eigenvalue weighted by molar-refractivity contribution is 6.30. The van der Waals surface area contributed by atoms with Gasteiger partial charge in [0, 0.05) is 5.02 Å². The van der Waals surface area contributed by atoms with Crippen molar-refractivity contribution in [2.45, 2.75) is 0 Å². The molecule has 5 heteroatoms. The fourth-order valence-electron chi connectivity index (χ4n) is 1.44. The molecule has 4 nitrogen and oxygen atoms in total. The van der Waals surface area contributed by atoms with E-state index in [9.17, 15) is 9.59 Å². The Kier molecular flexibility index (Phi) is 3.82. The predicted molar refractivity (Wildman–Crippen MR) is 69.8 cm³/mol. The maximum absolute atomic E-state index is 11.8. The monoisotopic (exact) mass is 276 g/mol. The summed E-state index contributed by atoms with van der Waals surface area (Å²) in [5, 5.41) is 9.35. The van der Waals surface area contributed by atoms with Gasteiger partial charge in [0.2, 0.25) is 0 Å². The predicted octanol–water partition coefficient (Wildman–Crippen LogP) is 3.26. The lowest BCUT2D eigenvalue weighted by molar-refractivity contribution is 0.0687. The van der Waals surface area contributed by atoms with Crippen LogP contribution in [0.5, 0.6) is 5.75 Å². The summed E-state index contributed by atoms with van der Waals surface area (Å²) in [6.45, 7) is 0. The summed E-state index contributed by atoms with van der Waals surface area (Å²) >= 11 is 5.71. The van der Waals surface area contributed by atoms with Gasteiger partial charge in [0.25, 0.3) is 0 Å². The van der Waals surface area contributed by atoms with Crippen LogP contribution in [0.25, 0.3) is 0 Å². The van der Waals surface area contributed by atoms with Gasteiger partial charge in [0.1, 0.15) is 5.75 Å². The first kappa shape index (κ1) is 13.1.